The molecule has 1 heterocycles. The van der Waals surface area contributed by atoms with E-state index in [2.05, 4.69) is 4.72 Å². The Labute approximate surface area is 121 Å². The van der Waals surface area contributed by atoms with Crippen molar-refractivity contribution in [3.8, 4) is 0 Å². The predicted molar refractivity (Wildman–Crippen MR) is 78.6 cm³/mol. The van der Waals surface area contributed by atoms with Gasteiger partial charge >= 0.3 is 0 Å². The van der Waals surface area contributed by atoms with E-state index in [0.29, 0.717) is 0 Å². The molecule has 0 aliphatic heterocycles. The monoisotopic (exact) mass is 314 g/mol. The van der Waals surface area contributed by atoms with E-state index in [-0.39, 0.29) is 22.7 Å². The predicted octanol–water partition coefficient (Wildman–Crippen LogP) is 2.56. The summed E-state index contributed by atoms with van der Waals surface area (Å²) in [6.45, 7) is 3.64. The van der Waals surface area contributed by atoms with Crippen molar-refractivity contribution in [3.05, 3.63) is 45.4 Å². The Hall–Kier alpha value is -1.44. The van der Waals surface area contributed by atoms with Crippen LogP contribution in [0, 0.1) is 19.7 Å². The maximum atomic E-state index is 13.4. The number of halogens is 1. The minimum absolute atomic E-state index is 0.0258. The van der Waals surface area contributed by atoms with Gasteiger partial charge in [-0.3, -0.25) is 0 Å². The number of aryl methyl sites for hydroxylation is 2. The number of rotatable bonds is 4. The molecule has 0 saturated carbocycles. The topological polar surface area (TPSA) is 72.2 Å². The van der Waals surface area contributed by atoms with Gasteiger partial charge in [-0.1, -0.05) is 0 Å². The smallest absolute Gasteiger partial charge is 0.240 e. The molecule has 2 aromatic rings. The van der Waals surface area contributed by atoms with Crippen molar-refractivity contribution >= 4 is 27.0 Å². The molecule has 7 heteroatoms. The Balaban J connectivity index is 2.22. The summed E-state index contributed by atoms with van der Waals surface area (Å²) >= 11 is 1.52. The molecule has 2 rings (SSSR count). The van der Waals surface area contributed by atoms with E-state index < -0.39 is 15.8 Å². The molecule has 0 spiro atoms. The van der Waals surface area contributed by atoms with Gasteiger partial charge in [-0.15, -0.1) is 11.3 Å². The Morgan fingerprint density at radius 3 is 2.55 bits per heavy atom. The van der Waals surface area contributed by atoms with Crippen molar-refractivity contribution in [2.24, 2.45) is 0 Å². The van der Waals surface area contributed by atoms with Crippen molar-refractivity contribution in [1.82, 2.24) is 4.72 Å². The van der Waals surface area contributed by atoms with E-state index in [0.717, 1.165) is 15.8 Å². The van der Waals surface area contributed by atoms with Crippen LogP contribution in [0.15, 0.2) is 29.2 Å². The summed E-state index contributed by atoms with van der Waals surface area (Å²) in [6, 6.07) is 6.19. The van der Waals surface area contributed by atoms with Crippen LogP contribution in [0.1, 0.15) is 15.3 Å². The number of sulfonamides is 1. The Morgan fingerprint density at radius 1 is 1.30 bits per heavy atom. The lowest BCUT2D eigenvalue weighted by Gasteiger charge is -2.08. The molecule has 0 unspecified atom stereocenters. The first kappa shape index (κ1) is 15.0. The van der Waals surface area contributed by atoms with Crippen molar-refractivity contribution in [1.29, 1.82) is 0 Å². The number of thiophene rings is 1. The molecular weight excluding hydrogens is 299 g/mol. The van der Waals surface area contributed by atoms with Gasteiger partial charge in [0.25, 0.3) is 0 Å². The molecule has 3 N–H and O–H groups in total. The van der Waals surface area contributed by atoms with Gasteiger partial charge in [0.05, 0.1) is 10.6 Å². The minimum atomic E-state index is -3.70. The third-order valence-corrected chi connectivity index (χ3v) is 5.18. The number of anilines is 1. The standard InChI is InChI=1S/C13H15FN2O2S2/c1-8-5-11(6-12(15)13(8)14)20(17,18)16-7-10-4-3-9(2)19-10/h3-6,16H,7,15H2,1-2H3. The van der Waals surface area contributed by atoms with Gasteiger partial charge in [0, 0.05) is 16.3 Å². The van der Waals surface area contributed by atoms with Crippen molar-refractivity contribution in [3.63, 3.8) is 0 Å². The third-order valence-electron chi connectivity index (χ3n) is 2.80. The normalized spacial score (nSPS) is 11.8. The number of nitrogens with one attached hydrogen (secondary N) is 1. The van der Waals surface area contributed by atoms with Gasteiger partial charge < -0.3 is 5.73 Å². The SMILES string of the molecule is Cc1ccc(CNS(=O)(=O)c2cc(C)c(F)c(N)c2)s1. The highest BCUT2D eigenvalue weighted by Crippen LogP contribution is 2.21. The van der Waals surface area contributed by atoms with Crippen LogP contribution in [0.25, 0.3) is 0 Å². The maximum Gasteiger partial charge on any atom is 0.240 e. The summed E-state index contributed by atoms with van der Waals surface area (Å²) in [6.07, 6.45) is 0. The van der Waals surface area contributed by atoms with Crippen LogP contribution < -0.4 is 10.5 Å². The average molecular weight is 314 g/mol. The molecular formula is C13H15FN2O2S2. The summed E-state index contributed by atoms with van der Waals surface area (Å²) in [7, 11) is -3.70. The third kappa shape index (κ3) is 3.17. The first-order valence-electron chi connectivity index (χ1n) is 5.90. The van der Waals surface area contributed by atoms with E-state index in [1.165, 1.54) is 24.3 Å². The van der Waals surface area contributed by atoms with Crippen molar-refractivity contribution in [2.45, 2.75) is 25.3 Å². The molecule has 4 nitrogen and oxygen atoms in total. The van der Waals surface area contributed by atoms with Crippen molar-refractivity contribution in [2.75, 3.05) is 5.73 Å². The number of nitrogen functional groups attached to an aromatic ring is 1. The number of hydrogen-bond donors (Lipinski definition) is 2. The highest BCUT2D eigenvalue weighted by molar-refractivity contribution is 7.89. The summed E-state index contributed by atoms with van der Waals surface area (Å²) in [5.74, 6) is -0.585. The Morgan fingerprint density at radius 2 is 2.00 bits per heavy atom. The second-order valence-electron chi connectivity index (χ2n) is 4.48. The average Bonchev–Trinajstić information content (AvgIpc) is 2.79. The summed E-state index contributed by atoms with van der Waals surface area (Å²) in [5, 5.41) is 0. The highest BCUT2D eigenvalue weighted by atomic mass is 32.2. The van der Waals surface area contributed by atoms with Gasteiger partial charge in [-0.2, -0.15) is 0 Å². The molecule has 0 amide bonds. The fourth-order valence-electron chi connectivity index (χ4n) is 1.75. The van der Waals surface area contributed by atoms with E-state index >= 15 is 0 Å². The first-order valence-corrected chi connectivity index (χ1v) is 8.20. The number of hydrogen-bond acceptors (Lipinski definition) is 4. The van der Waals surface area contributed by atoms with Gasteiger partial charge in [-0.25, -0.2) is 17.5 Å². The molecule has 1 aromatic heterocycles. The molecule has 0 radical (unpaired) electrons. The molecule has 108 valence electrons. The minimum Gasteiger partial charge on any atom is -0.396 e. The lowest BCUT2D eigenvalue weighted by atomic mass is 10.2. The van der Waals surface area contributed by atoms with E-state index in [1.807, 2.05) is 19.1 Å². The van der Waals surface area contributed by atoms with E-state index in [9.17, 15) is 12.8 Å². The zero-order valence-corrected chi connectivity index (χ0v) is 12.7. The Bertz CT molecular complexity index is 716. The van der Waals surface area contributed by atoms with Gasteiger partial charge in [0.1, 0.15) is 5.82 Å². The molecule has 0 bridgehead atoms. The zero-order valence-electron chi connectivity index (χ0n) is 11.1. The van der Waals surface area contributed by atoms with Crippen LogP contribution in [-0.4, -0.2) is 8.42 Å². The van der Waals surface area contributed by atoms with Crippen LogP contribution in [-0.2, 0) is 16.6 Å². The number of nitrogens with two attached hydrogens (primary N) is 1. The highest BCUT2D eigenvalue weighted by Gasteiger charge is 2.17. The van der Waals surface area contributed by atoms with Gasteiger partial charge in [0.2, 0.25) is 10.0 Å². The van der Waals surface area contributed by atoms with Crippen LogP contribution in [0.4, 0.5) is 10.1 Å². The quantitative estimate of drug-likeness (QED) is 0.852. The molecule has 1 aromatic carbocycles. The maximum absolute atomic E-state index is 13.4. The zero-order chi connectivity index (χ0) is 14.9. The van der Waals surface area contributed by atoms with E-state index in [4.69, 9.17) is 5.73 Å². The van der Waals surface area contributed by atoms with Crippen LogP contribution >= 0.6 is 11.3 Å². The molecule has 0 aliphatic carbocycles. The Kier molecular flexibility index (Phi) is 4.12. The lowest BCUT2D eigenvalue weighted by molar-refractivity contribution is 0.580. The van der Waals surface area contributed by atoms with Crippen molar-refractivity contribution < 1.29 is 12.8 Å². The molecule has 0 saturated heterocycles. The first-order chi connectivity index (χ1) is 9.29. The second kappa shape index (κ2) is 5.51. The summed E-state index contributed by atoms with van der Waals surface area (Å²) < 4.78 is 40.2. The molecule has 0 aliphatic rings. The summed E-state index contributed by atoms with van der Waals surface area (Å²) in [4.78, 5) is 2.00. The van der Waals surface area contributed by atoms with Gasteiger partial charge in [-0.05, 0) is 43.7 Å². The summed E-state index contributed by atoms with van der Waals surface area (Å²) in [5.41, 5.74) is 5.50. The van der Waals surface area contributed by atoms with E-state index in [1.54, 1.807) is 0 Å². The molecule has 20 heavy (non-hydrogen) atoms. The van der Waals surface area contributed by atoms with Crippen LogP contribution in [0.5, 0.6) is 0 Å². The fourth-order valence-corrected chi connectivity index (χ4v) is 3.80. The number of benzene rings is 1. The van der Waals surface area contributed by atoms with Crippen LogP contribution in [0.3, 0.4) is 0 Å². The fraction of sp³-hybridized carbons (Fsp3) is 0.231. The lowest BCUT2D eigenvalue weighted by Crippen LogP contribution is -2.23. The molecule has 0 atom stereocenters. The largest absolute Gasteiger partial charge is 0.396 e. The van der Waals surface area contributed by atoms with Gasteiger partial charge in [0.15, 0.2) is 0 Å². The van der Waals surface area contributed by atoms with Crippen LogP contribution in [0.2, 0.25) is 0 Å². The molecule has 0 fully saturated rings. The second-order valence-corrected chi connectivity index (χ2v) is 7.62.